The molecular formula is C16H12F3N3O2. The maximum Gasteiger partial charge on any atom is 0.416 e. The summed E-state index contributed by atoms with van der Waals surface area (Å²) in [6, 6.07) is 8.36. The van der Waals surface area contributed by atoms with Gasteiger partial charge in [-0.3, -0.25) is 9.36 Å². The first kappa shape index (κ1) is 15.9. The van der Waals surface area contributed by atoms with Crippen LogP contribution >= 0.6 is 0 Å². The van der Waals surface area contributed by atoms with Crippen LogP contribution in [0.1, 0.15) is 15.9 Å². The number of nitrogens with zero attached hydrogens (tertiary/aromatic N) is 2. The van der Waals surface area contributed by atoms with Gasteiger partial charge in [0.25, 0.3) is 5.91 Å². The maximum absolute atomic E-state index is 12.6. The normalized spacial score (nSPS) is 11.8. The van der Waals surface area contributed by atoms with Crippen LogP contribution in [0, 0.1) is 0 Å². The van der Waals surface area contributed by atoms with Gasteiger partial charge in [0, 0.05) is 18.3 Å². The zero-order chi connectivity index (χ0) is 17.6. The molecule has 124 valence electrons. The van der Waals surface area contributed by atoms with Gasteiger partial charge in [-0.05, 0) is 42.5 Å². The Labute approximate surface area is 133 Å². The Morgan fingerprint density at radius 2 is 1.67 bits per heavy atom. The van der Waals surface area contributed by atoms with E-state index in [0.29, 0.717) is 16.7 Å². The summed E-state index contributed by atoms with van der Waals surface area (Å²) in [5.74, 6) is -0.718. The number of hydrogen-bond donors (Lipinski definition) is 1. The fraction of sp³-hybridized carbons (Fsp3) is 0.125. The number of aromatic nitrogens is 2. The van der Waals surface area contributed by atoms with Crippen molar-refractivity contribution in [2.75, 3.05) is 5.73 Å². The summed E-state index contributed by atoms with van der Waals surface area (Å²) in [6.45, 7) is 0. The van der Waals surface area contributed by atoms with E-state index < -0.39 is 23.3 Å². The lowest BCUT2D eigenvalue weighted by Crippen LogP contribution is -2.28. The average Bonchev–Trinajstić information content (AvgIpc) is 2.77. The third kappa shape index (κ3) is 2.45. The van der Waals surface area contributed by atoms with Crippen molar-refractivity contribution in [2.24, 2.45) is 7.05 Å². The number of carbonyl (C=O) groups excluding carboxylic acids is 1. The van der Waals surface area contributed by atoms with E-state index in [4.69, 9.17) is 5.73 Å². The second-order valence-electron chi connectivity index (χ2n) is 5.31. The fourth-order valence-electron chi connectivity index (χ4n) is 2.49. The molecule has 0 unspecified atom stereocenters. The summed E-state index contributed by atoms with van der Waals surface area (Å²) in [4.78, 5) is 24.9. The standard InChI is InChI=1S/C16H12F3N3O2/c1-21-12-7-6-11(20)8-13(12)22(15(21)24)14(23)9-2-4-10(5-3-9)16(17,18)19/h2-8H,20H2,1H3. The predicted molar refractivity (Wildman–Crippen MR) is 82.8 cm³/mol. The lowest BCUT2D eigenvalue weighted by atomic mass is 10.1. The third-order valence-electron chi connectivity index (χ3n) is 3.74. The van der Waals surface area contributed by atoms with Gasteiger partial charge in [0.15, 0.2) is 0 Å². The topological polar surface area (TPSA) is 70.0 Å². The Kier molecular flexibility index (Phi) is 3.47. The first-order valence-corrected chi connectivity index (χ1v) is 6.89. The Hall–Kier alpha value is -3.03. The van der Waals surface area contributed by atoms with E-state index in [1.807, 2.05) is 0 Å². The summed E-state index contributed by atoms with van der Waals surface area (Å²) in [7, 11) is 1.50. The molecule has 2 N–H and O–H groups in total. The van der Waals surface area contributed by atoms with Crippen LogP contribution in [0.5, 0.6) is 0 Å². The molecule has 0 aliphatic rings. The summed E-state index contributed by atoms with van der Waals surface area (Å²) in [6.07, 6.45) is -4.49. The molecule has 2 aromatic carbocycles. The van der Waals surface area contributed by atoms with Crippen LogP contribution in [-0.2, 0) is 13.2 Å². The van der Waals surface area contributed by atoms with Crippen molar-refractivity contribution in [2.45, 2.75) is 6.18 Å². The van der Waals surface area contributed by atoms with Crippen LogP contribution in [0.4, 0.5) is 18.9 Å². The van der Waals surface area contributed by atoms with Crippen LogP contribution in [-0.4, -0.2) is 15.0 Å². The zero-order valence-electron chi connectivity index (χ0n) is 12.5. The maximum atomic E-state index is 12.6. The number of aryl methyl sites for hydroxylation is 1. The molecule has 0 saturated heterocycles. The van der Waals surface area contributed by atoms with Crippen molar-refractivity contribution < 1.29 is 18.0 Å². The second kappa shape index (κ2) is 5.26. The highest BCUT2D eigenvalue weighted by atomic mass is 19.4. The molecule has 8 heteroatoms. The van der Waals surface area contributed by atoms with Gasteiger partial charge in [-0.1, -0.05) is 0 Å². The largest absolute Gasteiger partial charge is 0.416 e. The molecule has 0 spiro atoms. The minimum atomic E-state index is -4.49. The number of rotatable bonds is 1. The molecular weight excluding hydrogens is 323 g/mol. The molecule has 0 aliphatic heterocycles. The summed E-state index contributed by atoms with van der Waals surface area (Å²) >= 11 is 0. The van der Waals surface area contributed by atoms with E-state index in [-0.39, 0.29) is 5.56 Å². The highest BCUT2D eigenvalue weighted by molar-refractivity contribution is 6.01. The van der Waals surface area contributed by atoms with Crippen molar-refractivity contribution in [3.63, 3.8) is 0 Å². The third-order valence-corrected chi connectivity index (χ3v) is 3.74. The van der Waals surface area contributed by atoms with Crippen molar-refractivity contribution in [3.05, 3.63) is 64.1 Å². The van der Waals surface area contributed by atoms with E-state index in [1.54, 1.807) is 12.1 Å². The first-order chi connectivity index (χ1) is 11.2. The lowest BCUT2D eigenvalue weighted by Gasteiger charge is -2.07. The summed E-state index contributed by atoms with van der Waals surface area (Å²) in [5.41, 5.74) is 5.36. The molecule has 0 saturated carbocycles. The Morgan fingerprint density at radius 1 is 1.04 bits per heavy atom. The molecule has 0 fully saturated rings. The Balaban J connectivity index is 2.14. The van der Waals surface area contributed by atoms with E-state index in [0.717, 1.165) is 28.8 Å². The number of nitrogen functional groups attached to an aromatic ring is 1. The first-order valence-electron chi connectivity index (χ1n) is 6.89. The highest BCUT2D eigenvalue weighted by Gasteiger charge is 2.30. The highest BCUT2D eigenvalue weighted by Crippen LogP contribution is 2.29. The predicted octanol–water partition coefficient (Wildman–Crippen LogP) is 2.63. The summed E-state index contributed by atoms with van der Waals surface area (Å²) < 4.78 is 40.0. The smallest absolute Gasteiger partial charge is 0.399 e. The van der Waals surface area contributed by atoms with E-state index in [9.17, 15) is 22.8 Å². The van der Waals surface area contributed by atoms with E-state index >= 15 is 0 Å². The molecule has 0 atom stereocenters. The van der Waals surface area contributed by atoms with Crippen LogP contribution < -0.4 is 11.4 Å². The van der Waals surface area contributed by atoms with E-state index in [1.165, 1.54) is 17.7 Å². The van der Waals surface area contributed by atoms with Gasteiger partial charge >= 0.3 is 11.9 Å². The number of fused-ring (bicyclic) bond motifs is 1. The second-order valence-corrected chi connectivity index (χ2v) is 5.31. The number of hydrogen-bond acceptors (Lipinski definition) is 3. The quantitative estimate of drug-likeness (QED) is 0.695. The number of halogens is 3. The minimum Gasteiger partial charge on any atom is -0.399 e. The molecule has 0 radical (unpaired) electrons. The van der Waals surface area contributed by atoms with Crippen LogP contribution in [0.25, 0.3) is 11.0 Å². The molecule has 5 nitrogen and oxygen atoms in total. The molecule has 0 aliphatic carbocycles. The summed E-state index contributed by atoms with van der Waals surface area (Å²) in [5, 5.41) is 0. The van der Waals surface area contributed by atoms with Gasteiger partial charge in [0.05, 0.1) is 16.6 Å². The fourth-order valence-corrected chi connectivity index (χ4v) is 2.49. The monoisotopic (exact) mass is 335 g/mol. The Bertz CT molecular complexity index is 998. The van der Waals surface area contributed by atoms with E-state index in [2.05, 4.69) is 0 Å². The number of carbonyl (C=O) groups is 1. The number of nitrogens with two attached hydrogens (primary N) is 1. The molecule has 1 heterocycles. The molecule has 0 amide bonds. The van der Waals surface area contributed by atoms with Gasteiger partial charge in [0.2, 0.25) is 0 Å². The molecule has 1 aromatic heterocycles. The van der Waals surface area contributed by atoms with Crippen molar-refractivity contribution in [3.8, 4) is 0 Å². The van der Waals surface area contributed by atoms with Crippen molar-refractivity contribution in [1.29, 1.82) is 0 Å². The average molecular weight is 335 g/mol. The van der Waals surface area contributed by atoms with Crippen LogP contribution in [0.15, 0.2) is 47.3 Å². The van der Waals surface area contributed by atoms with Gasteiger partial charge in [-0.25, -0.2) is 9.36 Å². The van der Waals surface area contributed by atoms with Crippen molar-refractivity contribution >= 4 is 22.6 Å². The van der Waals surface area contributed by atoms with Crippen LogP contribution in [0.3, 0.4) is 0 Å². The van der Waals surface area contributed by atoms with Gasteiger partial charge < -0.3 is 5.73 Å². The molecule has 3 aromatic rings. The molecule has 0 bridgehead atoms. The number of alkyl halides is 3. The van der Waals surface area contributed by atoms with Crippen molar-refractivity contribution in [1.82, 2.24) is 9.13 Å². The zero-order valence-corrected chi connectivity index (χ0v) is 12.5. The SMILES string of the molecule is Cn1c(=O)n(C(=O)c2ccc(C(F)(F)F)cc2)c2cc(N)ccc21. The number of anilines is 1. The molecule has 24 heavy (non-hydrogen) atoms. The van der Waals surface area contributed by atoms with Gasteiger partial charge in [0.1, 0.15) is 0 Å². The minimum absolute atomic E-state index is 0.0278. The number of benzene rings is 2. The number of imidazole rings is 1. The van der Waals surface area contributed by atoms with Crippen LogP contribution in [0.2, 0.25) is 0 Å². The Morgan fingerprint density at radius 3 is 2.25 bits per heavy atom. The molecule has 3 rings (SSSR count). The lowest BCUT2D eigenvalue weighted by molar-refractivity contribution is -0.137. The van der Waals surface area contributed by atoms with Gasteiger partial charge in [-0.15, -0.1) is 0 Å². The van der Waals surface area contributed by atoms with Gasteiger partial charge in [-0.2, -0.15) is 13.2 Å².